The summed E-state index contributed by atoms with van der Waals surface area (Å²) in [5.41, 5.74) is 0. The zero-order valence-electron chi connectivity index (χ0n) is 54.9. The van der Waals surface area contributed by atoms with Gasteiger partial charge in [-0.15, -0.1) is 0 Å². The fourth-order valence-corrected chi connectivity index (χ4v) is 11.8. The molecule has 0 aliphatic rings. The van der Waals surface area contributed by atoms with Crippen molar-refractivity contribution in [2.45, 2.75) is 444 Å². The summed E-state index contributed by atoms with van der Waals surface area (Å²) >= 11 is 0. The number of rotatable bonds is 70. The second kappa shape index (κ2) is 69.9. The van der Waals surface area contributed by atoms with Gasteiger partial charge in [0.15, 0.2) is 6.10 Å². The van der Waals surface area contributed by atoms with Crippen LogP contribution >= 0.6 is 0 Å². The number of carbonyl (C=O) groups is 3. The van der Waals surface area contributed by atoms with Gasteiger partial charge >= 0.3 is 17.9 Å². The summed E-state index contributed by atoms with van der Waals surface area (Å²) in [5, 5.41) is 0. The zero-order chi connectivity index (χ0) is 57.8. The highest BCUT2D eigenvalue weighted by Gasteiger charge is 2.20. The van der Waals surface area contributed by atoms with Gasteiger partial charge in [0.1, 0.15) is 13.2 Å². The molecule has 0 N–H and O–H groups in total. The molecule has 6 heteroatoms. The van der Waals surface area contributed by atoms with Crippen LogP contribution in [0.4, 0.5) is 0 Å². The van der Waals surface area contributed by atoms with Crippen LogP contribution in [0.15, 0.2) is 0 Å². The Morgan fingerprint density at radius 1 is 0.200 bits per heavy atom. The van der Waals surface area contributed by atoms with Crippen molar-refractivity contribution in [2.24, 2.45) is 0 Å². The predicted octanol–water partition coefficient (Wildman–Crippen LogP) is 25.4. The van der Waals surface area contributed by atoms with E-state index < -0.39 is 6.10 Å². The number of unbranched alkanes of at least 4 members (excludes halogenated alkanes) is 59. The maximum Gasteiger partial charge on any atom is 0.306 e. The first-order valence-corrected chi connectivity index (χ1v) is 37.0. The van der Waals surface area contributed by atoms with Crippen molar-refractivity contribution in [1.82, 2.24) is 0 Å². The van der Waals surface area contributed by atoms with Crippen LogP contribution in [0.25, 0.3) is 0 Å². The molecule has 0 saturated heterocycles. The number of hydrogen-bond acceptors (Lipinski definition) is 6. The van der Waals surface area contributed by atoms with E-state index in [4.69, 9.17) is 14.2 Å². The van der Waals surface area contributed by atoms with Gasteiger partial charge in [-0.2, -0.15) is 0 Å². The molecule has 0 amide bonds. The summed E-state index contributed by atoms with van der Waals surface area (Å²) in [6, 6.07) is 0. The first kappa shape index (κ1) is 78.4. The van der Waals surface area contributed by atoms with E-state index in [1.807, 2.05) is 0 Å². The van der Waals surface area contributed by atoms with E-state index >= 15 is 0 Å². The fourth-order valence-electron chi connectivity index (χ4n) is 11.8. The lowest BCUT2D eigenvalue weighted by molar-refractivity contribution is -0.167. The molecular formula is C74H144O6. The Morgan fingerprint density at radius 3 is 0.500 bits per heavy atom. The van der Waals surface area contributed by atoms with Gasteiger partial charge in [-0.25, -0.2) is 0 Å². The first-order chi connectivity index (χ1) is 39.5. The number of ether oxygens (including phenoxy) is 3. The van der Waals surface area contributed by atoms with Crippen LogP contribution in [0.1, 0.15) is 438 Å². The standard InChI is InChI=1S/C74H144O6/c1-4-7-10-13-16-19-21-23-25-27-29-31-33-35-36-37-39-40-42-44-46-48-50-52-55-58-61-64-67-73(76)79-70-71(69-78-72(75)66-63-60-57-54-18-15-12-9-6-3)80-74(77)68-65-62-59-56-53-51-49-47-45-43-41-38-34-32-30-28-26-24-22-20-17-14-11-8-5-2/h71H,4-70H2,1-3H3. The molecule has 0 aliphatic carbocycles. The normalized spacial score (nSPS) is 11.9. The minimum absolute atomic E-state index is 0.0606. The summed E-state index contributed by atoms with van der Waals surface area (Å²) in [6.07, 6.45) is 83.1. The Morgan fingerprint density at radius 2 is 0.338 bits per heavy atom. The van der Waals surface area contributed by atoms with Crippen molar-refractivity contribution < 1.29 is 28.6 Å². The molecule has 0 bridgehead atoms. The molecule has 0 fully saturated rings. The molecule has 0 aliphatic heterocycles. The third kappa shape index (κ3) is 67.2. The molecule has 0 aromatic carbocycles. The van der Waals surface area contributed by atoms with Crippen molar-refractivity contribution in [3.63, 3.8) is 0 Å². The zero-order valence-corrected chi connectivity index (χ0v) is 54.9. The van der Waals surface area contributed by atoms with Gasteiger partial charge in [0.05, 0.1) is 0 Å². The summed E-state index contributed by atoms with van der Waals surface area (Å²) in [5.74, 6) is -0.825. The highest BCUT2D eigenvalue weighted by atomic mass is 16.6. The molecule has 0 rings (SSSR count). The Labute approximate surface area is 501 Å². The molecule has 0 aromatic heterocycles. The Bertz CT molecular complexity index is 1200. The van der Waals surface area contributed by atoms with E-state index in [0.717, 1.165) is 57.8 Å². The molecule has 80 heavy (non-hydrogen) atoms. The third-order valence-electron chi connectivity index (χ3n) is 17.4. The van der Waals surface area contributed by atoms with Crippen LogP contribution in [-0.4, -0.2) is 37.2 Å². The highest BCUT2D eigenvalue weighted by molar-refractivity contribution is 5.71. The number of carbonyl (C=O) groups excluding carboxylic acids is 3. The second-order valence-corrected chi connectivity index (χ2v) is 25.6. The van der Waals surface area contributed by atoms with Gasteiger partial charge in [-0.05, 0) is 19.3 Å². The van der Waals surface area contributed by atoms with Crippen molar-refractivity contribution in [2.75, 3.05) is 13.2 Å². The Kier molecular flexibility index (Phi) is 68.5. The largest absolute Gasteiger partial charge is 0.462 e. The van der Waals surface area contributed by atoms with Crippen LogP contribution in [0.5, 0.6) is 0 Å². The van der Waals surface area contributed by atoms with Gasteiger partial charge < -0.3 is 14.2 Å². The van der Waals surface area contributed by atoms with Gasteiger partial charge in [0, 0.05) is 19.3 Å². The number of hydrogen-bond donors (Lipinski definition) is 0. The lowest BCUT2D eigenvalue weighted by Gasteiger charge is -2.18. The molecule has 0 aromatic rings. The van der Waals surface area contributed by atoms with E-state index in [-0.39, 0.29) is 31.1 Å². The average molecular weight is 1130 g/mol. The topological polar surface area (TPSA) is 78.9 Å². The lowest BCUT2D eigenvalue weighted by Crippen LogP contribution is -2.30. The third-order valence-corrected chi connectivity index (χ3v) is 17.4. The summed E-state index contributed by atoms with van der Waals surface area (Å²) in [7, 11) is 0. The quantitative estimate of drug-likeness (QED) is 0.0343. The molecule has 0 saturated carbocycles. The molecule has 1 atom stereocenters. The van der Waals surface area contributed by atoms with Gasteiger partial charge in [0.2, 0.25) is 0 Å². The maximum absolute atomic E-state index is 12.9. The number of esters is 3. The molecule has 6 nitrogen and oxygen atoms in total. The summed E-state index contributed by atoms with van der Waals surface area (Å²) in [6.45, 7) is 6.72. The predicted molar refractivity (Wildman–Crippen MR) is 349 cm³/mol. The van der Waals surface area contributed by atoms with E-state index in [0.29, 0.717) is 19.3 Å². The van der Waals surface area contributed by atoms with Crippen LogP contribution in [0, 0.1) is 0 Å². The van der Waals surface area contributed by atoms with E-state index in [2.05, 4.69) is 20.8 Å². The van der Waals surface area contributed by atoms with E-state index in [1.54, 1.807) is 0 Å². The smallest absolute Gasteiger partial charge is 0.306 e. The molecule has 0 radical (unpaired) electrons. The minimum Gasteiger partial charge on any atom is -0.462 e. The van der Waals surface area contributed by atoms with Gasteiger partial charge in [0.25, 0.3) is 0 Å². The SMILES string of the molecule is CCCCCCCCCCCCCCCCCCCCCCCCCCCCCCC(=O)OCC(COC(=O)CCCCCCCCCCC)OC(=O)CCCCCCCCCCCCCCCCCCCCCCCCCCC. The van der Waals surface area contributed by atoms with E-state index in [9.17, 15) is 14.4 Å². The minimum atomic E-state index is -0.763. The first-order valence-electron chi connectivity index (χ1n) is 37.0. The van der Waals surface area contributed by atoms with Crippen LogP contribution in [0.3, 0.4) is 0 Å². The molecule has 476 valence electrons. The lowest BCUT2D eigenvalue weighted by atomic mass is 10.0. The Hall–Kier alpha value is -1.59. The van der Waals surface area contributed by atoms with Gasteiger partial charge in [-0.3, -0.25) is 14.4 Å². The van der Waals surface area contributed by atoms with Crippen LogP contribution in [-0.2, 0) is 28.6 Å². The van der Waals surface area contributed by atoms with Crippen LogP contribution in [0.2, 0.25) is 0 Å². The van der Waals surface area contributed by atoms with Crippen LogP contribution < -0.4 is 0 Å². The average Bonchev–Trinajstić information content (AvgIpc) is 3.46. The maximum atomic E-state index is 12.9. The summed E-state index contributed by atoms with van der Waals surface area (Å²) in [4.78, 5) is 38.3. The fraction of sp³-hybridized carbons (Fsp3) is 0.959. The van der Waals surface area contributed by atoms with Crippen molar-refractivity contribution in [1.29, 1.82) is 0 Å². The van der Waals surface area contributed by atoms with Crippen molar-refractivity contribution >= 4 is 17.9 Å². The van der Waals surface area contributed by atoms with Gasteiger partial charge in [-0.1, -0.05) is 400 Å². The molecule has 0 heterocycles. The monoisotopic (exact) mass is 1130 g/mol. The summed E-state index contributed by atoms with van der Waals surface area (Å²) < 4.78 is 17.0. The highest BCUT2D eigenvalue weighted by Crippen LogP contribution is 2.20. The Balaban J connectivity index is 4.04. The van der Waals surface area contributed by atoms with E-state index in [1.165, 1.54) is 340 Å². The molecule has 1 unspecified atom stereocenters. The second-order valence-electron chi connectivity index (χ2n) is 25.6. The molecular weight excluding hydrogens is 985 g/mol. The van der Waals surface area contributed by atoms with Crippen molar-refractivity contribution in [3.05, 3.63) is 0 Å². The molecule has 0 spiro atoms. The van der Waals surface area contributed by atoms with Crippen molar-refractivity contribution in [3.8, 4) is 0 Å².